The van der Waals surface area contributed by atoms with Crippen LogP contribution < -0.4 is 0 Å². The molecule has 0 spiro atoms. The minimum absolute atomic E-state index is 0.0356. The Labute approximate surface area is 181 Å². The summed E-state index contributed by atoms with van der Waals surface area (Å²) < 4.78 is 16.3. The number of hydrogen-bond acceptors (Lipinski definition) is 6. The third-order valence-corrected chi connectivity index (χ3v) is 6.00. The zero-order valence-electron chi connectivity index (χ0n) is 19.5. The molecule has 172 valence electrons. The maximum Gasteiger partial charge on any atom is 0.306 e. The molecule has 6 nitrogen and oxygen atoms in total. The summed E-state index contributed by atoms with van der Waals surface area (Å²) in [5.41, 5.74) is -0.376. The first-order valence-corrected chi connectivity index (χ1v) is 11.2. The third-order valence-electron chi connectivity index (χ3n) is 6.00. The van der Waals surface area contributed by atoms with Gasteiger partial charge >= 0.3 is 5.97 Å². The fraction of sp³-hybridized carbons (Fsp3) is 0.792. The molecule has 0 amide bonds. The molecule has 30 heavy (non-hydrogen) atoms. The van der Waals surface area contributed by atoms with Crippen molar-refractivity contribution in [3.8, 4) is 0 Å². The van der Waals surface area contributed by atoms with Crippen molar-refractivity contribution < 1.29 is 28.6 Å². The van der Waals surface area contributed by atoms with Crippen LogP contribution in [0.4, 0.5) is 0 Å². The molecular weight excluding hydrogens is 384 g/mol. The van der Waals surface area contributed by atoms with Crippen molar-refractivity contribution in [1.29, 1.82) is 0 Å². The normalized spacial score (nSPS) is 17.5. The van der Waals surface area contributed by atoms with Gasteiger partial charge in [-0.25, -0.2) is 0 Å². The molecule has 1 aliphatic heterocycles. The standard InChI is InChI=1S/C24H40O6/c1-6-7-16-23(2,3)21(26)12-9-17-24(28-4,29-5)18-15-19(25)10-8-11-20-13-14-22(27)30-20/h9,12,20H,6-8,10-11,13-18H2,1-5H3/b12-9+. The first-order chi connectivity index (χ1) is 14.2. The Kier molecular flexibility index (Phi) is 11.5. The molecule has 1 unspecified atom stereocenters. The maximum absolute atomic E-state index is 12.5. The summed E-state index contributed by atoms with van der Waals surface area (Å²) in [6, 6.07) is 0. The number of carbonyl (C=O) groups excluding carboxylic acids is 3. The summed E-state index contributed by atoms with van der Waals surface area (Å²) in [6.45, 7) is 6.06. The van der Waals surface area contributed by atoms with Gasteiger partial charge < -0.3 is 14.2 Å². The summed E-state index contributed by atoms with van der Waals surface area (Å²) in [7, 11) is 3.12. The van der Waals surface area contributed by atoms with Crippen molar-refractivity contribution in [3.63, 3.8) is 0 Å². The van der Waals surface area contributed by atoms with Crippen LogP contribution in [0.15, 0.2) is 12.2 Å². The monoisotopic (exact) mass is 424 g/mol. The molecule has 0 N–H and O–H groups in total. The number of esters is 1. The number of carbonyl (C=O) groups is 3. The van der Waals surface area contributed by atoms with Crippen molar-refractivity contribution >= 4 is 17.5 Å². The van der Waals surface area contributed by atoms with Gasteiger partial charge in [0.15, 0.2) is 11.6 Å². The van der Waals surface area contributed by atoms with Gasteiger partial charge in [-0.05, 0) is 31.8 Å². The maximum atomic E-state index is 12.5. The van der Waals surface area contributed by atoms with Gasteiger partial charge in [-0.2, -0.15) is 0 Å². The van der Waals surface area contributed by atoms with Crippen LogP contribution in [0.1, 0.15) is 91.4 Å². The van der Waals surface area contributed by atoms with Gasteiger partial charge in [0.05, 0.1) is 0 Å². The molecule has 1 rings (SSSR count). The molecule has 6 heteroatoms. The molecule has 0 bridgehead atoms. The van der Waals surface area contributed by atoms with Crippen LogP contribution in [0.2, 0.25) is 0 Å². The highest BCUT2D eigenvalue weighted by atomic mass is 16.7. The van der Waals surface area contributed by atoms with E-state index in [0.29, 0.717) is 38.5 Å². The van der Waals surface area contributed by atoms with Gasteiger partial charge in [0.1, 0.15) is 11.9 Å². The van der Waals surface area contributed by atoms with Crippen LogP contribution in [0, 0.1) is 5.41 Å². The quantitative estimate of drug-likeness (QED) is 0.198. The zero-order valence-corrected chi connectivity index (χ0v) is 19.5. The van der Waals surface area contributed by atoms with Crippen molar-refractivity contribution in [2.45, 2.75) is 103 Å². The lowest BCUT2D eigenvalue weighted by atomic mass is 9.82. The van der Waals surface area contributed by atoms with E-state index in [1.165, 1.54) is 0 Å². The van der Waals surface area contributed by atoms with Crippen LogP contribution in [-0.4, -0.2) is 43.6 Å². The van der Waals surface area contributed by atoms with E-state index in [1.807, 2.05) is 13.8 Å². The molecule has 0 aromatic heterocycles. The van der Waals surface area contributed by atoms with Crippen molar-refractivity contribution in [2.24, 2.45) is 5.41 Å². The van der Waals surface area contributed by atoms with Gasteiger partial charge in [0.2, 0.25) is 0 Å². The van der Waals surface area contributed by atoms with E-state index in [1.54, 1.807) is 26.4 Å². The van der Waals surface area contributed by atoms with Crippen molar-refractivity contribution in [1.82, 2.24) is 0 Å². The number of methoxy groups -OCH3 is 2. The van der Waals surface area contributed by atoms with Gasteiger partial charge in [-0.15, -0.1) is 0 Å². The number of Topliss-reactive ketones (excluding diaryl/α,β-unsaturated/α-hetero) is 1. The summed E-state index contributed by atoms with van der Waals surface area (Å²) in [6.07, 6.45) is 10.6. The lowest BCUT2D eigenvalue weighted by Crippen LogP contribution is -2.34. The highest BCUT2D eigenvalue weighted by molar-refractivity contribution is 5.94. The second-order valence-electron chi connectivity index (χ2n) is 8.86. The Balaban J connectivity index is 2.45. The number of unbranched alkanes of at least 4 members (excludes halogenated alkanes) is 1. The highest BCUT2D eigenvalue weighted by Crippen LogP contribution is 2.27. The average molecular weight is 425 g/mol. The Morgan fingerprint density at radius 3 is 2.40 bits per heavy atom. The SMILES string of the molecule is CCCCC(C)(C)C(=O)/C=C/CC(CCC(=O)CCCC1CCC(=O)O1)(OC)OC. The smallest absolute Gasteiger partial charge is 0.306 e. The predicted octanol–water partition coefficient (Wildman–Crippen LogP) is 4.93. The summed E-state index contributed by atoms with van der Waals surface area (Å²) >= 11 is 0. The molecule has 1 fully saturated rings. The number of cyclic esters (lactones) is 1. The van der Waals surface area contributed by atoms with Crippen molar-refractivity contribution in [3.05, 3.63) is 12.2 Å². The number of hydrogen-bond donors (Lipinski definition) is 0. The number of rotatable bonds is 16. The predicted molar refractivity (Wildman–Crippen MR) is 116 cm³/mol. The van der Waals surface area contributed by atoms with Gasteiger partial charge in [0, 0.05) is 51.7 Å². The molecule has 1 saturated heterocycles. The number of ether oxygens (including phenoxy) is 3. The Hall–Kier alpha value is -1.53. The fourth-order valence-corrected chi connectivity index (χ4v) is 3.64. The minimum Gasteiger partial charge on any atom is -0.462 e. The fourth-order valence-electron chi connectivity index (χ4n) is 3.64. The molecule has 0 aliphatic carbocycles. The second-order valence-corrected chi connectivity index (χ2v) is 8.86. The lowest BCUT2D eigenvalue weighted by Gasteiger charge is -2.30. The second kappa shape index (κ2) is 13.0. The molecular formula is C24H40O6. The van der Waals surface area contributed by atoms with Crippen LogP contribution >= 0.6 is 0 Å². The van der Waals surface area contributed by atoms with Crippen molar-refractivity contribution in [2.75, 3.05) is 14.2 Å². The average Bonchev–Trinajstić information content (AvgIpc) is 3.14. The molecule has 1 heterocycles. The van der Waals surface area contributed by atoms with E-state index in [2.05, 4.69) is 6.92 Å². The zero-order chi connectivity index (χ0) is 22.6. The number of allylic oxidation sites excluding steroid dienone is 1. The molecule has 0 aromatic carbocycles. The Bertz CT molecular complexity index is 589. The Morgan fingerprint density at radius 2 is 1.83 bits per heavy atom. The van der Waals surface area contributed by atoms with Gasteiger partial charge in [-0.3, -0.25) is 14.4 Å². The minimum atomic E-state index is -0.916. The van der Waals surface area contributed by atoms with Gasteiger partial charge in [0.25, 0.3) is 0 Å². The van der Waals surface area contributed by atoms with E-state index in [-0.39, 0.29) is 29.1 Å². The Morgan fingerprint density at radius 1 is 1.13 bits per heavy atom. The van der Waals surface area contributed by atoms with Crippen LogP contribution in [-0.2, 0) is 28.6 Å². The summed E-state index contributed by atoms with van der Waals surface area (Å²) in [4.78, 5) is 35.9. The number of ketones is 2. The molecule has 0 saturated carbocycles. The molecule has 0 aromatic rings. The first-order valence-electron chi connectivity index (χ1n) is 11.2. The lowest BCUT2D eigenvalue weighted by molar-refractivity contribution is -0.208. The molecule has 0 radical (unpaired) electrons. The first kappa shape index (κ1) is 26.5. The topological polar surface area (TPSA) is 78.9 Å². The molecule has 1 atom stereocenters. The van der Waals surface area contributed by atoms with Crippen LogP contribution in [0.5, 0.6) is 0 Å². The van der Waals surface area contributed by atoms with E-state index in [9.17, 15) is 14.4 Å². The van der Waals surface area contributed by atoms with E-state index < -0.39 is 5.79 Å². The van der Waals surface area contributed by atoms with Gasteiger partial charge in [-0.1, -0.05) is 39.7 Å². The summed E-state index contributed by atoms with van der Waals surface area (Å²) in [5, 5.41) is 0. The van der Waals surface area contributed by atoms with E-state index in [0.717, 1.165) is 32.1 Å². The van der Waals surface area contributed by atoms with Crippen LogP contribution in [0.3, 0.4) is 0 Å². The molecule has 1 aliphatic rings. The largest absolute Gasteiger partial charge is 0.462 e. The van der Waals surface area contributed by atoms with Crippen LogP contribution in [0.25, 0.3) is 0 Å². The van der Waals surface area contributed by atoms with E-state index in [4.69, 9.17) is 14.2 Å². The third kappa shape index (κ3) is 9.09. The van der Waals surface area contributed by atoms with E-state index >= 15 is 0 Å². The summed E-state index contributed by atoms with van der Waals surface area (Å²) in [5.74, 6) is -0.822. The highest BCUT2D eigenvalue weighted by Gasteiger charge is 2.30.